The van der Waals surface area contributed by atoms with Crippen LogP contribution in [0.1, 0.15) is 24.2 Å². The first-order chi connectivity index (χ1) is 8.57. The van der Waals surface area contributed by atoms with Gasteiger partial charge in [0.05, 0.1) is 19.8 Å². The maximum Gasteiger partial charge on any atom is 0.159 e. The number of ketones is 1. The molecule has 0 aliphatic rings. The minimum Gasteiger partial charge on any atom is -0.382 e. The third-order valence-corrected chi connectivity index (χ3v) is 1.99. The first-order valence-electron chi connectivity index (χ1n) is 5.96. The van der Waals surface area contributed by atoms with Crippen molar-refractivity contribution in [3.63, 3.8) is 0 Å². The highest BCUT2D eigenvalue weighted by atomic mass is 16.5. The Kier molecular flexibility index (Phi) is 10.2. The van der Waals surface area contributed by atoms with Crippen molar-refractivity contribution in [3.05, 3.63) is 35.9 Å². The average Bonchev–Trinajstić information content (AvgIpc) is 2.36. The van der Waals surface area contributed by atoms with Gasteiger partial charge >= 0.3 is 0 Å². The van der Waals surface area contributed by atoms with Crippen molar-refractivity contribution in [2.24, 2.45) is 5.73 Å². The van der Waals surface area contributed by atoms with E-state index in [0.29, 0.717) is 19.8 Å². The predicted molar refractivity (Wildman–Crippen MR) is 72.8 cm³/mol. The van der Waals surface area contributed by atoms with E-state index < -0.39 is 0 Å². The molecular formula is C14H23NO3. The Bertz CT molecular complexity index is 312. The Labute approximate surface area is 109 Å². The zero-order valence-electron chi connectivity index (χ0n) is 11.4. The van der Waals surface area contributed by atoms with Crippen LogP contribution in [0.4, 0.5) is 0 Å². The fourth-order valence-corrected chi connectivity index (χ4v) is 1.08. The molecule has 0 saturated carbocycles. The second kappa shape index (κ2) is 10.9. The minimum atomic E-state index is 0.121. The highest BCUT2D eigenvalue weighted by Gasteiger charge is 1.93. The smallest absolute Gasteiger partial charge is 0.159 e. The van der Waals surface area contributed by atoms with Crippen molar-refractivity contribution in [1.82, 2.24) is 0 Å². The molecule has 4 nitrogen and oxygen atoms in total. The Morgan fingerprint density at radius 3 is 2.28 bits per heavy atom. The van der Waals surface area contributed by atoms with E-state index in [9.17, 15) is 4.79 Å². The summed E-state index contributed by atoms with van der Waals surface area (Å²) in [5.41, 5.74) is 6.18. The number of carbonyl (C=O) groups excluding carboxylic acids is 1. The van der Waals surface area contributed by atoms with E-state index in [2.05, 4.69) is 0 Å². The summed E-state index contributed by atoms with van der Waals surface area (Å²) in [4.78, 5) is 10.6. The first-order valence-corrected chi connectivity index (χ1v) is 5.96. The van der Waals surface area contributed by atoms with Crippen molar-refractivity contribution in [3.8, 4) is 0 Å². The fourth-order valence-electron chi connectivity index (χ4n) is 1.08. The van der Waals surface area contributed by atoms with Gasteiger partial charge in [-0.05, 0) is 13.8 Å². The number of Topliss-reactive ketones (excluding diaryl/α,β-unsaturated/α-hetero) is 1. The lowest BCUT2D eigenvalue weighted by Crippen LogP contribution is -2.22. The lowest BCUT2D eigenvalue weighted by atomic mass is 10.2. The van der Waals surface area contributed by atoms with Crippen molar-refractivity contribution in [1.29, 1.82) is 0 Å². The summed E-state index contributed by atoms with van der Waals surface area (Å²) in [6.07, 6.45) is 0. The zero-order chi connectivity index (χ0) is 13.8. The maximum atomic E-state index is 10.6. The number of carbonyl (C=O) groups is 1. The van der Waals surface area contributed by atoms with Gasteiger partial charge in [0.1, 0.15) is 0 Å². The molecule has 1 aromatic rings. The van der Waals surface area contributed by atoms with E-state index in [1.165, 1.54) is 0 Å². The van der Waals surface area contributed by atoms with Gasteiger partial charge in [0, 0.05) is 18.7 Å². The Morgan fingerprint density at radius 1 is 1.28 bits per heavy atom. The summed E-state index contributed by atoms with van der Waals surface area (Å²) < 4.78 is 9.84. The summed E-state index contributed by atoms with van der Waals surface area (Å²) >= 11 is 0. The van der Waals surface area contributed by atoms with Crippen LogP contribution in [0.3, 0.4) is 0 Å². The van der Waals surface area contributed by atoms with Crippen LogP contribution in [0.5, 0.6) is 0 Å². The molecule has 0 bridgehead atoms. The first kappa shape index (κ1) is 16.8. The molecule has 0 radical (unpaired) electrons. The van der Waals surface area contributed by atoms with Crippen LogP contribution in [0.15, 0.2) is 30.3 Å². The standard InChI is InChI=1S/C8H8O.C6H15NO2/c1-7(9)8-5-3-2-4-6-8;1-6(7)5-9-4-3-8-2/h2-6H,1H3;6H,3-5,7H2,1-2H3. The molecule has 0 aliphatic heterocycles. The van der Waals surface area contributed by atoms with Gasteiger partial charge in [-0.3, -0.25) is 4.79 Å². The fraction of sp³-hybridized carbons (Fsp3) is 0.500. The quantitative estimate of drug-likeness (QED) is 0.621. The van der Waals surface area contributed by atoms with Gasteiger partial charge in [0.2, 0.25) is 0 Å². The van der Waals surface area contributed by atoms with Crippen molar-refractivity contribution < 1.29 is 14.3 Å². The molecule has 1 rings (SSSR count). The molecule has 102 valence electrons. The second-order valence-electron chi connectivity index (χ2n) is 3.97. The molecule has 1 atom stereocenters. The van der Waals surface area contributed by atoms with E-state index >= 15 is 0 Å². The van der Waals surface area contributed by atoms with Gasteiger partial charge in [-0.25, -0.2) is 0 Å². The van der Waals surface area contributed by atoms with Gasteiger partial charge in [-0.1, -0.05) is 30.3 Å². The van der Waals surface area contributed by atoms with E-state index in [1.807, 2.05) is 37.3 Å². The Hall–Kier alpha value is -1.23. The SMILES string of the molecule is CC(=O)c1ccccc1.COCCOCC(C)N. The average molecular weight is 253 g/mol. The van der Waals surface area contributed by atoms with Gasteiger partial charge in [0.15, 0.2) is 5.78 Å². The third kappa shape index (κ3) is 9.96. The van der Waals surface area contributed by atoms with Crippen molar-refractivity contribution in [2.75, 3.05) is 26.9 Å². The highest BCUT2D eigenvalue weighted by molar-refractivity contribution is 5.93. The van der Waals surface area contributed by atoms with Crippen LogP contribution >= 0.6 is 0 Å². The van der Waals surface area contributed by atoms with Gasteiger partial charge in [-0.2, -0.15) is 0 Å². The molecule has 18 heavy (non-hydrogen) atoms. The van der Waals surface area contributed by atoms with E-state index in [-0.39, 0.29) is 11.8 Å². The van der Waals surface area contributed by atoms with E-state index in [4.69, 9.17) is 15.2 Å². The third-order valence-electron chi connectivity index (χ3n) is 1.99. The number of nitrogens with two attached hydrogens (primary N) is 1. The van der Waals surface area contributed by atoms with Crippen molar-refractivity contribution >= 4 is 5.78 Å². The lowest BCUT2D eigenvalue weighted by Gasteiger charge is -2.04. The molecule has 0 saturated heterocycles. The molecule has 0 aromatic heterocycles. The van der Waals surface area contributed by atoms with E-state index in [0.717, 1.165) is 5.56 Å². The molecular weight excluding hydrogens is 230 g/mol. The molecule has 2 N–H and O–H groups in total. The monoisotopic (exact) mass is 253 g/mol. The molecule has 0 amide bonds. The number of benzene rings is 1. The molecule has 1 unspecified atom stereocenters. The van der Waals surface area contributed by atoms with Crippen molar-refractivity contribution in [2.45, 2.75) is 19.9 Å². The largest absolute Gasteiger partial charge is 0.382 e. The summed E-state index contributed by atoms with van der Waals surface area (Å²) in [6.45, 7) is 5.37. The molecule has 4 heteroatoms. The minimum absolute atomic E-state index is 0.121. The Morgan fingerprint density at radius 2 is 1.89 bits per heavy atom. The molecule has 0 fully saturated rings. The van der Waals surface area contributed by atoms with Crippen LogP contribution in [0, 0.1) is 0 Å². The van der Waals surface area contributed by atoms with Crippen LogP contribution < -0.4 is 5.73 Å². The van der Waals surface area contributed by atoms with E-state index in [1.54, 1.807) is 14.0 Å². The number of rotatable bonds is 6. The predicted octanol–water partition coefficient (Wildman–Crippen LogP) is 1.89. The summed E-state index contributed by atoms with van der Waals surface area (Å²) in [6, 6.07) is 9.35. The summed E-state index contributed by atoms with van der Waals surface area (Å²) in [5, 5.41) is 0. The molecule has 0 spiro atoms. The van der Waals surface area contributed by atoms with Crippen LogP contribution in [0.25, 0.3) is 0 Å². The molecule has 0 heterocycles. The lowest BCUT2D eigenvalue weighted by molar-refractivity contribution is 0.0656. The van der Waals surface area contributed by atoms with Crippen LogP contribution in [-0.2, 0) is 9.47 Å². The topological polar surface area (TPSA) is 61.5 Å². The number of hydrogen-bond donors (Lipinski definition) is 1. The number of methoxy groups -OCH3 is 1. The summed E-state index contributed by atoms with van der Waals surface area (Å²) in [7, 11) is 1.65. The number of hydrogen-bond acceptors (Lipinski definition) is 4. The van der Waals surface area contributed by atoms with Gasteiger partial charge in [-0.15, -0.1) is 0 Å². The van der Waals surface area contributed by atoms with Gasteiger partial charge < -0.3 is 15.2 Å². The van der Waals surface area contributed by atoms with Crippen LogP contribution in [-0.4, -0.2) is 38.8 Å². The highest BCUT2D eigenvalue weighted by Crippen LogP contribution is 1.97. The number of ether oxygens (including phenoxy) is 2. The zero-order valence-corrected chi connectivity index (χ0v) is 11.4. The molecule has 1 aromatic carbocycles. The maximum absolute atomic E-state index is 10.6. The molecule has 0 aliphatic carbocycles. The second-order valence-corrected chi connectivity index (χ2v) is 3.97. The van der Waals surface area contributed by atoms with Crippen LogP contribution in [0.2, 0.25) is 0 Å². The van der Waals surface area contributed by atoms with Gasteiger partial charge in [0.25, 0.3) is 0 Å². The summed E-state index contributed by atoms with van der Waals surface area (Å²) in [5.74, 6) is 0.121. The Balaban J connectivity index is 0.000000321. The normalized spacial score (nSPS) is 11.3.